The molecule has 1 aromatic rings. The van der Waals surface area contributed by atoms with Crippen molar-refractivity contribution in [1.82, 2.24) is 4.31 Å². The molecule has 0 amide bonds. The van der Waals surface area contributed by atoms with Gasteiger partial charge in [0.15, 0.2) is 0 Å². The van der Waals surface area contributed by atoms with Crippen LogP contribution in [0.5, 0.6) is 0 Å². The van der Waals surface area contributed by atoms with Gasteiger partial charge in [-0.05, 0) is 45.5 Å². The molecule has 106 valence electrons. The Labute approximate surface area is 123 Å². The fraction of sp³-hybridized carbons (Fsp3) is 0.538. The molecule has 6 heteroatoms. The monoisotopic (exact) mass is 346 g/mol. The lowest BCUT2D eigenvalue weighted by molar-refractivity contribution is 0.375. The second-order valence-electron chi connectivity index (χ2n) is 5.72. The first kappa shape index (κ1) is 15.0. The minimum absolute atomic E-state index is 0.0467. The van der Waals surface area contributed by atoms with Gasteiger partial charge >= 0.3 is 0 Å². The maximum Gasteiger partial charge on any atom is 0.244 e. The van der Waals surface area contributed by atoms with Crippen molar-refractivity contribution in [2.24, 2.45) is 11.1 Å². The van der Waals surface area contributed by atoms with E-state index in [9.17, 15) is 8.42 Å². The molecule has 19 heavy (non-hydrogen) atoms. The lowest BCUT2D eigenvalue weighted by atomic mass is 9.93. The van der Waals surface area contributed by atoms with E-state index in [2.05, 4.69) is 29.8 Å². The summed E-state index contributed by atoms with van der Waals surface area (Å²) in [6, 6.07) is 5.23. The molecule has 0 spiro atoms. The summed E-state index contributed by atoms with van der Waals surface area (Å²) in [5, 5.41) is 0. The minimum atomic E-state index is -3.44. The summed E-state index contributed by atoms with van der Waals surface area (Å²) in [4.78, 5) is 0.313. The van der Waals surface area contributed by atoms with Gasteiger partial charge in [0.2, 0.25) is 10.0 Å². The zero-order chi connectivity index (χ0) is 14.3. The van der Waals surface area contributed by atoms with Gasteiger partial charge < -0.3 is 5.73 Å². The quantitative estimate of drug-likeness (QED) is 0.913. The molecule has 1 aliphatic rings. The lowest BCUT2D eigenvalue weighted by Gasteiger charge is -2.20. The highest BCUT2D eigenvalue weighted by molar-refractivity contribution is 9.10. The number of hydrogen-bond donors (Lipinski definition) is 1. The second kappa shape index (κ2) is 5.16. The molecule has 0 saturated carbocycles. The van der Waals surface area contributed by atoms with E-state index in [0.717, 1.165) is 12.0 Å². The Morgan fingerprint density at radius 2 is 2.11 bits per heavy atom. The van der Waals surface area contributed by atoms with E-state index in [1.165, 1.54) is 0 Å². The Bertz CT molecular complexity index is 584. The summed E-state index contributed by atoms with van der Waals surface area (Å²) in [7, 11) is -3.44. The topological polar surface area (TPSA) is 63.4 Å². The Hall–Kier alpha value is -0.430. The van der Waals surface area contributed by atoms with Crippen molar-refractivity contribution in [3.8, 4) is 0 Å². The molecule has 0 unspecified atom stereocenters. The Kier molecular flexibility index (Phi) is 4.07. The van der Waals surface area contributed by atoms with Crippen LogP contribution in [-0.2, 0) is 16.6 Å². The summed E-state index contributed by atoms with van der Waals surface area (Å²) in [5.74, 6) is 0. The van der Waals surface area contributed by atoms with Gasteiger partial charge in [-0.3, -0.25) is 0 Å². The zero-order valence-electron chi connectivity index (χ0n) is 11.2. The van der Waals surface area contributed by atoms with Gasteiger partial charge in [-0.25, -0.2) is 8.42 Å². The van der Waals surface area contributed by atoms with Crippen molar-refractivity contribution in [3.05, 3.63) is 28.2 Å². The zero-order valence-corrected chi connectivity index (χ0v) is 13.6. The number of halogens is 1. The predicted octanol–water partition coefficient (Wildman–Crippen LogP) is 2.33. The molecule has 2 N–H and O–H groups in total. The molecule has 4 nitrogen and oxygen atoms in total. The van der Waals surface area contributed by atoms with Crippen molar-refractivity contribution in [1.29, 1.82) is 0 Å². The minimum Gasteiger partial charge on any atom is -0.326 e. The molecule has 1 heterocycles. The number of nitrogens with zero attached hydrogens (tertiary/aromatic N) is 1. The molecular weight excluding hydrogens is 328 g/mol. The summed E-state index contributed by atoms with van der Waals surface area (Å²) in [5.41, 5.74) is 6.45. The maximum atomic E-state index is 12.7. The van der Waals surface area contributed by atoms with E-state index in [4.69, 9.17) is 5.73 Å². The number of nitrogens with two attached hydrogens (primary N) is 1. The molecule has 0 radical (unpaired) electrons. The average Bonchev–Trinajstić information content (AvgIpc) is 2.71. The molecule has 0 aliphatic carbocycles. The fourth-order valence-corrected chi connectivity index (χ4v) is 4.88. The molecule has 1 fully saturated rings. The molecular formula is C13H19BrN2O2S. The van der Waals surface area contributed by atoms with Crippen LogP contribution in [0, 0.1) is 5.41 Å². The Morgan fingerprint density at radius 1 is 1.42 bits per heavy atom. The first-order valence-corrected chi connectivity index (χ1v) is 8.48. The number of sulfonamides is 1. The van der Waals surface area contributed by atoms with Crippen LogP contribution in [0.25, 0.3) is 0 Å². The lowest BCUT2D eigenvalue weighted by Crippen LogP contribution is -2.30. The first-order chi connectivity index (χ1) is 8.76. The van der Waals surface area contributed by atoms with E-state index in [-0.39, 0.29) is 5.41 Å². The van der Waals surface area contributed by atoms with Gasteiger partial charge in [-0.2, -0.15) is 4.31 Å². The van der Waals surface area contributed by atoms with Gasteiger partial charge in [0.05, 0.1) is 4.90 Å². The van der Waals surface area contributed by atoms with Crippen LogP contribution in [0.1, 0.15) is 25.8 Å². The largest absolute Gasteiger partial charge is 0.326 e. The van der Waals surface area contributed by atoms with Crippen molar-refractivity contribution in [2.45, 2.75) is 31.7 Å². The molecule has 1 aromatic carbocycles. The van der Waals surface area contributed by atoms with Crippen molar-refractivity contribution in [2.75, 3.05) is 13.1 Å². The predicted molar refractivity (Wildman–Crippen MR) is 79.2 cm³/mol. The Balaban J connectivity index is 2.40. The van der Waals surface area contributed by atoms with Crippen LogP contribution in [0.15, 0.2) is 27.6 Å². The van der Waals surface area contributed by atoms with Crippen LogP contribution in [0.3, 0.4) is 0 Å². The van der Waals surface area contributed by atoms with Crippen LogP contribution in [-0.4, -0.2) is 25.8 Å². The summed E-state index contributed by atoms with van der Waals surface area (Å²) < 4.78 is 27.5. The van der Waals surface area contributed by atoms with Gasteiger partial charge in [0, 0.05) is 24.1 Å². The maximum absolute atomic E-state index is 12.7. The SMILES string of the molecule is CC1(C)CCN(S(=O)(=O)c2cc(CN)ccc2Br)C1. The van der Waals surface area contributed by atoms with E-state index in [1.54, 1.807) is 16.4 Å². The number of rotatable bonds is 3. The second-order valence-corrected chi connectivity index (χ2v) is 8.48. The van der Waals surface area contributed by atoms with Crippen molar-refractivity contribution >= 4 is 26.0 Å². The molecule has 0 aromatic heterocycles. The third kappa shape index (κ3) is 3.02. The highest BCUT2D eigenvalue weighted by atomic mass is 79.9. The average molecular weight is 347 g/mol. The molecule has 1 saturated heterocycles. The molecule has 0 bridgehead atoms. The van der Waals surface area contributed by atoms with E-state index >= 15 is 0 Å². The van der Waals surface area contributed by atoms with E-state index < -0.39 is 10.0 Å². The highest BCUT2D eigenvalue weighted by Crippen LogP contribution is 2.34. The molecule has 0 atom stereocenters. The molecule has 2 rings (SSSR count). The van der Waals surface area contributed by atoms with Crippen LogP contribution in [0.4, 0.5) is 0 Å². The van der Waals surface area contributed by atoms with Gasteiger partial charge in [0.1, 0.15) is 0 Å². The van der Waals surface area contributed by atoms with Crippen LogP contribution >= 0.6 is 15.9 Å². The normalized spacial score (nSPS) is 19.8. The summed E-state index contributed by atoms with van der Waals surface area (Å²) in [6.07, 6.45) is 0.889. The van der Waals surface area contributed by atoms with Crippen molar-refractivity contribution in [3.63, 3.8) is 0 Å². The van der Waals surface area contributed by atoms with Crippen LogP contribution < -0.4 is 5.73 Å². The third-order valence-electron chi connectivity index (χ3n) is 3.49. The van der Waals surface area contributed by atoms with Gasteiger partial charge in [-0.15, -0.1) is 0 Å². The fourth-order valence-electron chi connectivity index (χ4n) is 2.28. The number of benzene rings is 1. The smallest absolute Gasteiger partial charge is 0.244 e. The highest BCUT2D eigenvalue weighted by Gasteiger charge is 2.37. The third-order valence-corrected chi connectivity index (χ3v) is 6.33. The van der Waals surface area contributed by atoms with Gasteiger partial charge in [-0.1, -0.05) is 19.9 Å². The van der Waals surface area contributed by atoms with E-state index in [0.29, 0.717) is 29.0 Å². The van der Waals surface area contributed by atoms with E-state index in [1.807, 2.05) is 6.07 Å². The standard InChI is InChI=1S/C13H19BrN2O2S/c1-13(2)5-6-16(9-13)19(17,18)12-7-10(8-15)3-4-11(12)14/h3-4,7H,5-6,8-9,15H2,1-2H3. The Morgan fingerprint density at radius 3 is 2.63 bits per heavy atom. The first-order valence-electron chi connectivity index (χ1n) is 6.25. The summed E-state index contributed by atoms with van der Waals surface area (Å²) in [6.45, 7) is 5.66. The van der Waals surface area contributed by atoms with Gasteiger partial charge in [0.25, 0.3) is 0 Å². The molecule has 1 aliphatic heterocycles. The summed E-state index contributed by atoms with van der Waals surface area (Å²) >= 11 is 3.32. The number of hydrogen-bond acceptors (Lipinski definition) is 3. The van der Waals surface area contributed by atoms with Crippen LogP contribution in [0.2, 0.25) is 0 Å². The van der Waals surface area contributed by atoms with Crippen molar-refractivity contribution < 1.29 is 8.42 Å².